The van der Waals surface area contributed by atoms with Gasteiger partial charge in [-0.15, -0.1) is 0 Å². The molecular weight excluding hydrogens is 264 g/mol. The van der Waals surface area contributed by atoms with Crippen molar-refractivity contribution in [2.75, 3.05) is 6.54 Å². The van der Waals surface area contributed by atoms with Gasteiger partial charge in [-0.1, -0.05) is 25.4 Å². The molecule has 1 heterocycles. The summed E-state index contributed by atoms with van der Waals surface area (Å²) >= 11 is 0. The van der Waals surface area contributed by atoms with E-state index in [1.807, 2.05) is 6.92 Å². The topological polar surface area (TPSA) is 117 Å². The molecular formula is C12H20N4O4. The molecule has 112 valence electrons. The van der Waals surface area contributed by atoms with Crippen LogP contribution in [0.1, 0.15) is 32.0 Å². The highest BCUT2D eigenvalue weighted by molar-refractivity contribution is 5.82. The van der Waals surface area contributed by atoms with Crippen molar-refractivity contribution >= 4 is 12.0 Å². The average Bonchev–Trinajstić information content (AvgIpc) is 2.80. The molecule has 2 amide bonds. The Morgan fingerprint density at radius 1 is 1.45 bits per heavy atom. The molecule has 8 nitrogen and oxygen atoms in total. The van der Waals surface area contributed by atoms with Gasteiger partial charge in [-0.2, -0.15) is 4.98 Å². The van der Waals surface area contributed by atoms with Crippen LogP contribution < -0.4 is 10.6 Å². The van der Waals surface area contributed by atoms with E-state index in [9.17, 15) is 9.59 Å². The molecule has 20 heavy (non-hydrogen) atoms. The second-order valence-corrected chi connectivity index (χ2v) is 4.58. The maximum Gasteiger partial charge on any atom is 0.326 e. The zero-order valence-electron chi connectivity index (χ0n) is 11.8. The lowest BCUT2D eigenvalue weighted by atomic mass is 9.99. The Labute approximate surface area is 116 Å². The molecule has 8 heteroatoms. The summed E-state index contributed by atoms with van der Waals surface area (Å²) in [6.45, 7) is 5.64. The van der Waals surface area contributed by atoms with Gasteiger partial charge in [0.1, 0.15) is 6.04 Å². The fourth-order valence-corrected chi connectivity index (χ4v) is 1.61. The first-order valence-corrected chi connectivity index (χ1v) is 6.50. The molecule has 1 unspecified atom stereocenters. The minimum Gasteiger partial charge on any atom is -0.480 e. The summed E-state index contributed by atoms with van der Waals surface area (Å²) in [7, 11) is 0. The average molecular weight is 284 g/mol. The van der Waals surface area contributed by atoms with Crippen molar-refractivity contribution in [2.45, 2.75) is 39.7 Å². The number of aliphatic carboxylic acids is 1. The summed E-state index contributed by atoms with van der Waals surface area (Å²) in [5.74, 6) is -0.215. The zero-order valence-corrected chi connectivity index (χ0v) is 11.8. The van der Waals surface area contributed by atoms with E-state index in [0.717, 1.165) is 0 Å². The van der Waals surface area contributed by atoms with Crippen LogP contribution in [0.15, 0.2) is 4.52 Å². The fraction of sp³-hybridized carbons (Fsp3) is 0.667. The third kappa shape index (κ3) is 4.87. The molecule has 3 N–H and O–H groups in total. The molecule has 1 aromatic rings. The number of hydrogen-bond donors (Lipinski definition) is 3. The van der Waals surface area contributed by atoms with E-state index in [1.165, 1.54) is 0 Å². The third-order valence-corrected chi connectivity index (χ3v) is 2.97. The molecule has 2 atom stereocenters. The predicted octanol–water partition coefficient (Wildman–Crippen LogP) is 0.719. The number of carbonyl (C=O) groups is 2. The molecule has 1 aromatic heterocycles. The van der Waals surface area contributed by atoms with Crippen LogP contribution in [0, 0.1) is 12.8 Å². The van der Waals surface area contributed by atoms with Crippen molar-refractivity contribution in [3.63, 3.8) is 0 Å². The minimum absolute atomic E-state index is 0.141. The zero-order chi connectivity index (χ0) is 15.1. The second-order valence-electron chi connectivity index (χ2n) is 4.58. The van der Waals surface area contributed by atoms with E-state index >= 15 is 0 Å². The molecule has 0 aliphatic rings. The normalized spacial score (nSPS) is 13.6. The number of nitrogens with one attached hydrogen (secondary N) is 2. The van der Waals surface area contributed by atoms with Gasteiger partial charge >= 0.3 is 12.0 Å². The molecule has 0 aromatic carbocycles. The molecule has 0 spiro atoms. The fourth-order valence-electron chi connectivity index (χ4n) is 1.61. The first kappa shape index (κ1) is 15.9. The van der Waals surface area contributed by atoms with Gasteiger partial charge in [-0.3, -0.25) is 0 Å². The van der Waals surface area contributed by atoms with Gasteiger partial charge < -0.3 is 20.3 Å². The van der Waals surface area contributed by atoms with Gasteiger partial charge in [0.2, 0.25) is 5.89 Å². The van der Waals surface area contributed by atoms with E-state index in [4.69, 9.17) is 9.63 Å². The Kier molecular flexibility index (Phi) is 5.95. The van der Waals surface area contributed by atoms with Crippen LogP contribution in [-0.4, -0.2) is 39.8 Å². The van der Waals surface area contributed by atoms with Gasteiger partial charge in [0.15, 0.2) is 5.82 Å². The van der Waals surface area contributed by atoms with Crippen molar-refractivity contribution in [2.24, 2.45) is 5.92 Å². The largest absolute Gasteiger partial charge is 0.480 e. The SMILES string of the molecule is CCC(C)[C@H](NC(=O)NCCc1noc(C)n1)C(=O)O. The van der Waals surface area contributed by atoms with Crippen LogP contribution in [0.3, 0.4) is 0 Å². The van der Waals surface area contributed by atoms with Crippen LogP contribution in [0.4, 0.5) is 4.79 Å². The highest BCUT2D eigenvalue weighted by atomic mass is 16.5. The van der Waals surface area contributed by atoms with Crippen LogP contribution in [0.5, 0.6) is 0 Å². The van der Waals surface area contributed by atoms with Gasteiger partial charge in [0.25, 0.3) is 0 Å². The first-order valence-electron chi connectivity index (χ1n) is 6.50. The molecule has 0 aliphatic carbocycles. The Morgan fingerprint density at radius 3 is 2.65 bits per heavy atom. The van der Waals surface area contributed by atoms with Crippen molar-refractivity contribution in [3.05, 3.63) is 11.7 Å². The number of carboxylic acid groups (broad SMARTS) is 1. The number of aromatic nitrogens is 2. The third-order valence-electron chi connectivity index (χ3n) is 2.97. The van der Waals surface area contributed by atoms with E-state index in [-0.39, 0.29) is 5.92 Å². The van der Waals surface area contributed by atoms with Gasteiger partial charge in [-0.05, 0) is 5.92 Å². The maximum atomic E-state index is 11.6. The van der Waals surface area contributed by atoms with Crippen LogP contribution in [0.25, 0.3) is 0 Å². The number of nitrogens with zero attached hydrogens (tertiary/aromatic N) is 2. The summed E-state index contributed by atoms with van der Waals surface area (Å²) in [6.07, 6.45) is 1.09. The molecule has 1 rings (SSSR count). The number of amides is 2. The van der Waals surface area contributed by atoms with E-state index in [2.05, 4.69) is 20.8 Å². The summed E-state index contributed by atoms with van der Waals surface area (Å²) < 4.78 is 4.80. The molecule has 0 fully saturated rings. The van der Waals surface area contributed by atoms with Crippen molar-refractivity contribution in [1.82, 2.24) is 20.8 Å². The molecule has 0 saturated heterocycles. The van der Waals surface area contributed by atoms with Crippen LogP contribution >= 0.6 is 0 Å². The molecule has 0 saturated carbocycles. The van der Waals surface area contributed by atoms with Gasteiger partial charge in [0, 0.05) is 19.9 Å². The Balaban J connectivity index is 2.36. The molecule has 0 bridgehead atoms. The van der Waals surface area contributed by atoms with E-state index < -0.39 is 18.0 Å². The predicted molar refractivity (Wildman–Crippen MR) is 70.2 cm³/mol. The Hall–Kier alpha value is -2.12. The van der Waals surface area contributed by atoms with Crippen molar-refractivity contribution < 1.29 is 19.2 Å². The number of rotatable bonds is 7. The second kappa shape index (κ2) is 7.46. The number of carboxylic acids is 1. The standard InChI is InChI=1S/C12H20N4O4/c1-4-7(2)10(11(17)18)15-12(19)13-6-5-9-14-8(3)20-16-9/h7,10H,4-6H2,1-3H3,(H,17,18)(H2,13,15,19)/t7?,10-/m0/s1. The van der Waals surface area contributed by atoms with Crippen molar-refractivity contribution in [1.29, 1.82) is 0 Å². The van der Waals surface area contributed by atoms with Crippen molar-refractivity contribution in [3.8, 4) is 0 Å². The summed E-state index contributed by atoms with van der Waals surface area (Å²) in [5, 5.41) is 17.8. The number of aryl methyl sites for hydroxylation is 1. The number of carbonyl (C=O) groups excluding carboxylic acids is 1. The smallest absolute Gasteiger partial charge is 0.326 e. The Bertz CT molecular complexity index is 460. The van der Waals surface area contributed by atoms with Crippen LogP contribution in [-0.2, 0) is 11.2 Å². The van der Waals surface area contributed by atoms with Gasteiger partial charge in [0.05, 0.1) is 0 Å². The number of hydrogen-bond acceptors (Lipinski definition) is 5. The lowest BCUT2D eigenvalue weighted by molar-refractivity contribution is -0.140. The highest BCUT2D eigenvalue weighted by Gasteiger charge is 2.25. The van der Waals surface area contributed by atoms with Gasteiger partial charge in [-0.25, -0.2) is 9.59 Å². The van der Waals surface area contributed by atoms with Crippen LogP contribution in [0.2, 0.25) is 0 Å². The minimum atomic E-state index is -1.04. The highest BCUT2D eigenvalue weighted by Crippen LogP contribution is 2.07. The first-order chi connectivity index (χ1) is 9.43. The quantitative estimate of drug-likeness (QED) is 0.679. The number of urea groups is 1. The maximum absolute atomic E-state index is 11.6. The lowest BCUT2D eigenvalue weighted by Crippen LogP contribution is -2.49. The summed E-state index contributed by atoms with van der Waals surface area (Å²) in [4.78, 5) is 26.7. The van der Waals surface area contributed by atoms with E-state index in [1.54, 1.807) is 13.8 Å². The molecule has 0 aliphatic heterocycles. The summed E-state index contributed by atoms with van der Waals surface area (Å²) in [5.41, 5.74) is 0. The summed E-state index contributed by atoms with van der Waals surface area (Å²) in [6, 6.07) is -1.41. The lowest BCUT2D eigenvalue weighted by Gasteiger charge is -2.20. The van der Waals surface area contributed by atoms with E-state index in [0.29, 0.717) is 31.1 Å². The Morgan fingerprint density at radius 2 is 2.15 bits per heavy atom. The monoisotopic (exact) mass is 284 g/mol. The molecule has 0 radical (unpaired) electrons.